The fraction of sp³-hybridized carbons (Fsp3) is 0. The third kappa shape index (κ3) is 2.79. The zero-order valence-electron chi connectivity index (χ0n) is 11.3. The second kappa shape index (κ2) is 5.54. The molecule has 0 spiro atoms. The van der Waals surface area contributed by atoms with Gasteiger partial charge in [-0.2, -0.15) is 0 Å². The Balaban J connectivity index is 1.99. The van der Waals surface area contributed by atoms with E-state index in [1.165, 1.54) is 6.08 Å². The predicted molar refractivity (Wildman–Crippen MR) is 83.8 cm³/mol. The average molecular weight is 275 g/mol. The molecule has 0 aliphatic rings. The van der Waals surface area contributed by atoms with Crippen molar-refractivity contribution in [3.8, 4) is 11.1 Å². The molecule has 3 aromatic rings. The topological polar surface area (TPSA) is 54.9 Å². The van der Waals surface area contributed by atoms with Gasteiger partial charge in [0, 0.05) is 18.1 Å². The summed E-state index contributed by atoms with van der Waals surface area (Å²) in [5, 5.41) is 2.75. The van der Waals surface area contributed by atoms with Crippen LogP contribution < -0.4 is 5.32 Å². The smallest absolute Gasteiger partial charge is 0.247 e. The summed E-state index contributed by atoms with van der Waals surface area (Å²) >= 11 is 0. The Labute approximate surface area is 122 Å². The van der Waals surface area contributed by atoms with Gasteiger partial charge in [0.1, 0.15) is 0 Å². The molecule has 0 unspecified atom stereocenters. The van der Waals surface area contributed by atoms with Crippen LogP contribution in [-0.2, 0) is 4.79 Å². The Morgan fingerprint density at radius 3 is 2.57 bits per heavy atom. The standard InChI is InChI=1S/C17H13N3O/c1-2-17(21)20-14-5-3-4-12(10-14)13-6-7-15-16(11-13)19-9-8-18-15/h2-11H,1H2,(H,20,21). The Kier molecular flexibility index (Phi) is 3.43. The number of hydrogen-bond acceptors (Lipinski definition) is 3. The number of nitrogens with zero attached hydrogens (tertiary/aromatic N) is 2. The molecule has 0 bridgehead atoms. The summed E-state index contributed by atoms with van der Waals surface area (Å²) in [4.78, 5) is 19.9. The van der Waals surface area contributed by atoms with Gasteiger partial charge in [-0.1, -0.05) is 24.8 Å². The van der Waals surface area contributed by atoms with Crippen molar-refractivity contribution < 1.29 is 4.79 Å². The number of fused-ring (bicyclic) bond motifs is 1. The van der Waals surface area contributed by atoms with E-state index in [0.717, 1.165) is 27.8 Å². The SMILES string of the molecule is C=CC(=O)Nc1cccc(-c2ccc3nccnc3c2)c1. The van der Waals surface area contributed by atoms with Crippen molar-refractivity contribution in [2.75, 3.05) is 5.32 Å². The molecule has 4 nitrogen and oxygen atoms in total. The van der Waals surface area contributed by atoms with Gasteiger partial charge in [0.05, 0.1) is 11.0 Å². The van der Waals surface area contributed by atoms with Gasteiger partial charge in [-0.25, -0.2) is 0 Å². The van der Waals surface area contributed by atoms with E-state index in [1.54, 1.807) is 12.4 Å². The largest absolute Gasteiger partial charge is 0.323 e. The van der Waals surface area contributed by atoms with Crippen LogP contribution >= 0.6 is 0 Å². The summed E-state index contributed by atoms with van der Waals surface area (Å²) in [5.41, 5.74) is 4.46. The molecular formula is C17H13N3O. The van der Waals surface area contributed by atoms with Crippen LogP contribution in [0.4, 0.5) is 5.69 Å². The normalized spacial score (nSPS) is 10.3. The van der Waals surface area contributed by atoms with E-state index >= 15 is 0 Å². The Morgan fingerprint density at radius 1 is 1.00 bits per heavy atom. The molecule has 0 saturated carbocycles. The van der Waals surface area contributed by atoms with Gasteiger partial charge in [0.15, 0.2) is 0 Å². The van der Waals surface area contributed by atoms with Crippen molar-refractivity contribution in [2.24, 2.45) is 0 Å². The van der Waals surface area contributed by atoms with Crippen LogP contribution in [0.25, 0.3) is 22.2 Å². The second-order valence-electron chi connectivity index (χ2n) is 4.53. The highest BCUT2D eigenvalue weighted by molar-refractivity contribution is 5.99. The van der Waals surface area contributed by atoms with Gasteiger partial charge in [-0.15, -0.1) is 0 Å². The number of nitrogens with one attached hydrogen (secondary N) is 1. The summed E-state index contributed by atoms with van der Waals surface area (Å²) in [6.45, 7) is 3.44. The summed E-state index contributed by atoms with van der Waals surface area (Å²) < 4.78 is 0. The fourth-order valence-electron chi connectivity index (χ4n) is 2.11. The number of amides is 1. The van der Waals surface area contributed by atoms with Crippen molar-refractivity contribution in [1.29, 1.82) is 0 Å². The molecule has 102 valence electrons. The quantitative estimate of drug-likeness (QED) is 0.745. The summed E-state index contributed by atoms with van der Waals surface area (Å²) in [6.07, 6.45) is 4.60. The molecule has 0 radical (unpaired) electrons. The fourth-order valence-corrected chi connectivity index (χ4v) is 2.11. The zero-order valence-corrected chi connectivity index (χ0v) is 11.3. The molecule has 0 fully saturated rings. The van der Waals surface area contributed by atoms with E-state index < -0.39 is 0 Å². The number of aromatic nitrogens is 2. The molecule has 0 aliphatic heterocycles. The van der Waals surface area contributed by atoms with E-state index in [-0.39, 0.29) is 5.91 Å². The first-order valence-electron chi connectivity index (χ1n) is 6.51. The number of anilines is 1. The predicted octanol–water partition coefficient (Wildman–Crippen LogP) is 3.42. The van der Waals surface area contributed by atoms with Crippen LogP contribution in [-0.4, -0.2) is 15.9 Å². The maximum Gasteiger partial charge on any atom is 0.247 e. The first-order valence-corrected chi connectivity index (χ1v) is 6.51. The Hall–Kier alpha value is -3.01. The summed E-state index contributed by atoms with van der Waals surface area (Å²) in [7, 11) is 0. The maximum atomic E-state index is 11.4. The van der Waals surface area contributed by atoms with Gasteiger partial charge in [-0.3, -0.25) is 14.8 Å². The third-order valence-electron chi connectivity index (χ3n) is 3.12. The molecule has 0 aliphatic carbocycles. The molecule has 21 heavy (non-hydrogen) atoms. The van der Waals surface area contributed by atoms with Crippen molar-refractivity contribution in [1.82, 2.24) is 9.97 Å². The third-order valence-corrected chi connectivity index (χ3v) is 3.12. The highest BCUT2D eigenvalue weighted by atomic mass is 16.1. The van der Waals surface area contributed by atoms with Gasteiger partial charge >= 0.3 is 0 Å². The van der Waals surface area contributed by atoms with E-state index in [1.807, 2.05) is 42.5 Å². The minimum absolute atomic E-state index is 0.225. The average Bonchev–Trinajstić information content (AvgIpc) is 2.54. The van der Waals surface area contributed by atoms with Gasteiger partial charge in [0.25, 0.3) is 0 Å². The van der Waals surface area contributed by atoms with Crippen LogP contribution in [0.2, 0.25) is 0 Å². The highest BCUT2D eigenvalue weighted by Gasteiger charge is 2.03. The van der Waals surface area contributed by atoms with E-state index in [9.17, 15) is 4.79 Å². The number of rotatable bonds is 3. The zero-order chi connectivity index (χ0) is 14.7. The first-order chi connectivity index (χ1) is 10.3. The van der Waals surface area contributed by atoms with E-state index in [0.29, 0.717) is 0 Å². The molecular weight excluding hydrogens is 262 g/mol. The second-order valence-corrected chi connectivity index (χ2v) is 4.53. The van der Waals surface area contributed by atoms with Gasteiger partial charge in [0.2, 0.25) is 5.91 Å². The lowest BCUT2D eigenvalue weighted by molar-refractivity contribution is -0.111. The lowest BCUT2D eigenvalue weighted by atomic mass is 10.0. The molecule has 1 amide bonds. The molecule has 1 heterocycles. The number of benzene rings is 2. The van der Waals surface area contributed by atoms with Crippen molar-refractivity contribution >= 4 is 22.6 Å². The minimum atomic E-state index is -0.225. The summed E-state index contributed by atoms with van der Waals surface area (Å²) in [5.74, 6) is -0.225. The van der Waals surface area contributed by atoms with Crippen LogP contribution in [0.15, 0.2) is 67.5 Å². The van der Waals surface area contributed by atoms with Crippen molar-refractivity contribution in [3.05, 3.63) is 67.5 Å². The lowest BCUT2D eigenvalue weighted by Crippen LogP contribution is -2.06. The highest BCUT2D eigenvalue weighted by Crippen LogP contribution is 2.25. The van der Waals surface area contributed by atoms with Crippen LogP contribution in [0, 0.1) is 0 Å². The molecule has 2 aromatic carbocycles. The summed E-state index contributed by atoms with van der Waals surface area (Å²) in [6, 6.07) is 13.6. The van der Waals surface area contributed by atoms with Crippen LogP contribution in [0.5, 0.6) is 0 Å². The Morgan fingerprint density at radius 2 is 1.76 bits per heavy atom. The molecule has 0 atom stereocenters. The van der Waals surface area contributed by atoms with E-state index in [4.69, 9.17) is 0 Å². The maximum absolute atomic E-state index is 11.4. The van der Waals surface area contributed by atoms with Crippen LogP contribution in [0.1, 0.15) is 0 Å². The molecule has 3 rings (SSSR count). The molecule has 1 N–H and O–H groups in total. The first kappa shape index (κ1) is 13.0. The molecule has 1 aromatic heterocycles. The van der Waals surface area contributed by atoms with Crippen molar-refractivity contribution in [2.45, 2.75) is 0 Å². The Bertz CT molecular complexity index is 827. The van der Waals surface area contributed by atoms with Gasteiger partial charge < -0.3 is 5.32 Å². The number of carbonyl (C=O) groups excluding carboxylic acids is 1. The number of carbonyl (C=O) groups is 1. The van der Waals surface area contributed by atoms with Gasteiger partial charge in [-0.05, 0) is 41.5 Å². The lowest BCUT2D eigenvalue weighted by Gasteiger charge is -2.07. The van der Waals surface area contributed by atoms with Crippen LogP contribution in [0.3, 0.4) is 0 Å². The molecule has 0 saturated heterocycles. The van der Waals surface area contributed by atoms with Crippen molar-refractivity contribution in [3.63, 3.8) is 0 Å². The monoisotopic (exact) mass is 275 g/mol. The van der Waals surface area contributed by atoms with E-state index in [2.05, 4.69) is 21.9 Å². The number of hydrogen-bond donors (Lipinski definition) is 1. The minimum Gasteiger partial charge on any atom is -0.323 e. The molecule has 4 heteroatoms.